The van der Waals surface area contributed by atoms with Crippen molar-refractivity contribution in [3.05, 3.63) is 72.3 Å². The van der Waals surface area contributed by atoms with Crippen molar-refractivity contribution in [2.45, 2.75) is 51.8 Å². The molecule has 38 heavy (non-hydrogen) atoms. The summed E-state index contributed by atoms with van der Waals surface area (Å²) in [4.78, 5) is 53.0. The third-order valence-corrected chi connectivity index (χ3v) is 5.28. The van der Waals surface area contributed by atoms with Gasteiger partial charge in [-0.2, -0.15) is 0 Å². The maximum absolute atomic E-state index is 13.8. The van der Waals surface area contributed by atoms with Crippen LogP contribution in [0.5, 0.6) is 5.75 Å². The molecule has 204 valence electrons. The van der Waals surface area contributed by atoms with Crippen molar-refractivity contribution in [2.75, 3.05) is 19.0 Å². The number of nitrogens with one attached hydrogen (secondary N) is 2. The smallest absolute Gasteiger partial charge is 0.408 e. The van der Waals surface area contributed by atoms with Crippen molar-refractivity contribution >= 4 is 29.5 Å². The monoisotopic (exact) mass is 524 g/mol. The van der Waals surface area contributed by atoms with Crippen LogP contribution in [0, 0.1) is 6.92 Å². The van der Waals surface area contributed by atoms with Crippen molar-refractivity contribution in [1.29, 1.82) is 0 Å². The van der Waals surface area contributed by atoms with Crippen LogP contribution in [0.15, 0.2) is 61.2 Å². The molecule has 2 aromatic carbocycles. The number of aryl methyl sites for hydroxylation is 1. The number of primary amides is 1. The zero-order valence-electron chi connectivity index (χ0n) is 22.4. The van der Waals surface area contributed by atoms with Crippen LogP contribution in [0.25, 0.3) is 0 Å². The van der Waals surface area contributed by atoms with Gasteiger partial charge in [-0.1, -0.05) is 35.9 Å². The number of carbonyl (C=O) groups is 4. The summed E-state index contributed by atoms with van der Waals surface area (Å²) in [6.45, 7) is 10.5. The van der Waals surface area contributed by atoms with E-state index < -0.39 is 47.9 Å². The molecule has 0 heterocycles. The van der Waals surface area contributed by atoms with Crippen molar-refractivity contribution in [3.8, 4) is 5.75 Å². The third kappa shape index (κ3) is 8.95. The lowest BCUT2D eigenvalue weighted by molar-refractivity contribution is -0.141. The van der Waals surface area contributed by atoms with Crippen molar-refractivity contribution in [1.82, 2.24) is 10.2 Å². The lowest BCUT2D eigenvalue weighted by Gasteiger charge is -2.33. The molecule has 4 N–H and O–H groups in total. The summed E-state index contributed by atoms with van der Waals surface area (Å²) in [6, 6.07) is 11.4. The lowest BCUT2D eigenvalue weighted by Crippen LogP contribution is -2.53. The van der Waals surface area contributed by atoms with Crippen LogP contribution in [0.2, 0.25) is 0 Å². The molecule has 0 radical (unpaired) electrons. The van der Waals surface area contributed by atoms with Crippen LogP contribution in [-0.2, 0) is 19.1 Å². The number of anilines is 1. The second kappa shape index (κ2) is 13.3. The summed E-state index contributed by atoms with van der Waals surface area (Å²) in [6.07, 6.45) is 0.0631. The van der Waals surface area contributed by atoms with E-state index in [1.54, 1.807) is 63.2 Å². The van der Waals surface area contributed by atoms with Crippen LogP contribution >= 0.6 is 0 Å². The molecule has 0 saturated heterocycles. The van der Waals surface area contributed by atoms with Crippen molar-refractivity contribution in [3.63, 3.8) is 0 Å². The van der Waals surface area contributed by atoms with Gasteiger partial charge in [0.2, 0.25) is 11.8 Å². The average Bonchev–Trinajstić information content (AvgIpc) is 2.82. The summed E-state index contributed by atoms with van der Waals surface area (Å²) in [7, 11) is 1.54. The predicted molar refractivity (Wildman–Crippen MR) is 144 cm³/mol. The lowest BCUT2D eigenvalue weighted by atomic mass is 10.00. The van der Waals surface area contributed by atoms with Crippen LogP contribution in [0.4, 0.5) is 10.5 Å². The number of nitrogens with two attached hydrogens (primary N) is 1. The van der Waals surface area contributed by atoms with E-state index >= 15 is 0 Å². The first-order valence-electron chi connectivity index (χ1n) is 12.0. The van der Waals surface area contributed by atoms with Gasteiger partial charge in [-0.05, 0) is 57.5 Å². The molecular weight excluding hydrogens is 488 g/mol. The Morgan fingerprint density at radius 2 is 1.76 bits per heavy atom. The number of hydrogen-bond donors (Lipinski definition) is 3. The molecule has 0 saturated carbocycles. The fourth-order valence-corrected chi connectivity index (χ4v) is 3.71. The van der Waals surface area contributed by atoms with Gasteiger partial charge in [0.25, 0.3) is 5.91 Å². The van der Waals surface area contributed by atoms with E-state index in [1.807, 2.05) is 13.0 Å². The fourth-order valence-electron chi connectivity index (χ4n) is 3.71. The SMILES string of the molecule is C=CCN(C(=O)C(CC(N)=O)NC(=O)OC(C)(C)C)C(C(=O)Nc1ccc(OC)cc1)c1cccc(C)c1. The number of carbonyl (C=O) groups excluding carboxylic acids is 4. The molecule has 2 rings (SSSR count). The van der Waals surface area contributed by atoms with E-state index in [0.29, 0.717) is 17.0 Å². The standard InChI is InChI=1S/C28H36N4O6/c1-7-15-32(26(35)22(17-23(29)33)31-27(36)38-28(3,4)5)24(19-10-8-9-18(2)16-19)25(34)30-20-11-13-21(37-6)14-12-20/h7-14,16,22,24H,1,15,17H2,2-6H3,(H2,29,33)(H,30,34)(H,31,36). The highest BCUT2D eigenvalue weighted by atomic mass is 16.6. The van der Waals surface area contributed by atoms with Gasteiger partial charge in [0.15, 0.2) is 0 Å². The van der Waals surface area contributed by atoms with E-state index in [0.717, 1.165) is 5.56 Å². The summed E-state index contributed by atoms with van der Waals surface area (Å²) in [5, 5.41) is 5.26. The molecule has 2 unspecified atom stereocenters. The molecule has 10 nitrogen and oxygen atoms in total. The largest absolute Gasteiger partial charge is 0.497 e. The number of ether oxygens (including phenoxy) is 2. The molecular formula is C28H36N4O6. The normalized spacial score (nSPS) is 12.4. The molecule has 0 aliphatic heterocycles. The van der Waals surface area contributed by atoms with E-state index in [1.165, 1.54) is 18.1 Å². The Hall–Kier alpha value is -4.34. The van der Waals surface area contributed by atoms with Gasteiger partial charge >= 0.3 is 6.09 Å². The van der Waals surface area contributed by atoms with Crippen LogP contribution in [0.3, 0.4) is 0 Å². The summed E-state index contributed by atoms with van der Waals surface area (Å²) >= 11 is 0. The molecule has 2 atom stereocenters. The van der Waals surface area contributed by atoms with Gasteiger partial charge in [0.1, 0.15) is 23.4 Å². The fraction of sp³-hybridized carbons (Fsp3) is 0.357. The summed E-state index contributed by atoms with van der Waals surface area (Å²) in [5.74, 6) is -1.41. The molecule has 4 amide bonds. The first-order chi connectivity index (χ1) is 17.8. The first kappa shape index (κ1) is 29.9. The minimum Gasteiger partial charge on any atom is -0.497 e. The molecule has 0 aromatic heterocycles. The zero-order chi connectivity index (χ0) is 28.5. The Bertz CT molecular complexity index is 1160. The number of methoxy groups -OCH3 is 1. The van der Waals surface area contributed by atoms with E-state index in [9.17, 15) is 19.2 Å². The zero-order valence-corrected chi connectivity index (χ0v) is 22.4. The van der Waals surface area contributed by atoms with E-state index in [2.05, 4.69) is 17.2 Å². The third-order valence-electron chi connectivity index (χ3n) is 5.28. The number of hydrogen-bond acceptors (Lipinski definition) is 6. The quantitative estimate of drug-likeness (QED) is 0.385. The Kier molecular flexibility index (Phi) is 10.4. The average molecular weight is 525 g/mol. The number of alkyl carbamates (subject to hydrolysis) is 1. The molecule has 0 fully saturated rings. The second-order valence-electron chi connectivity index (χ2n) is 9.68. The highest BCUT2D eigenvalue weighted by molar-refractivity contribution is 5.99. The van der Waals surface area contributed by atoms with Crippen LogP contribution in [0.1, 0.15) is 44.4 Å². The maximum Gasteiger partial charge on any atom is 0.408 e. The van der Waals surface area contributed by atoms with Crippen LogP contribution < -0.4 is 21.1 Å². The summed E-state index contributed by atoms with van der Waals surface area (Å²) in [5.41, 5.74) is 6.44. The van der Waals surface area contributed by atoms with Gasteiger partial charge in [0, 0.05) is 12.2 Å². The van der Waals surface area contributed by atoms with Crippen molar-refractivity contribution < 1.29 is 28.7 Å². The number of amides is 4. The van der Waals surface area contributed by atoms with Gasteiger partial charge < -0.3 is 30.7 Å². The van der Waals surface area contributed by atoms with Crippen LogP contribution in [-0.4, -0.2) is 54.0 Å². The second-order valence-corrected chi connectivity index (χ2v) is 9.68. The number of nitrogens with zero attached hydrogens (tertiary/aromatic N) is 1. The molecule has 10 heteroatoms. The Morgan fingerprint density at radius 3 is 2.29 bits per heavy atom. The minimum atomic E-state index is -1.37. The topological polar surface area (TPSA) is 140 Å². The highest BCUT2D eigenvalue weighted by Crippen LogP contribution is 2.26. The minimum absolute atomic E-state index is 0.0568. The van der Waals surface area contributed by atoms with E-state index in [4.69, 9.17) is 15.2 Å². The maximum atomic E-state index is 13.8. The summed E-state index contributed by atoms with van der Waals surface area (Å²) < 4.78 is 10.4. The highest BCUT2D eigenvalue weighted by Gasteiger charge is 2.36. The van der Waals surface area contributed by atoms with Gasteiger partial charge in [-0.25, -0.2) is 4.79 Å². The molecule has 0 spiro atoms. The van der Waals surface area contributed by atoms with Gasteiger partial charge in [-0.3, -0.25) is 14.4 Å². The first-order valence-corrected chi connectivity index (χ1v) is 12.0. The predicted octanol–water partition coefficient (Wildman–Crippen LogP) is 3.47. The van der Waals surface area contributed by atoms with E-state index in [-0.39, 0.29) is 6.54 Å². The van der Waals surface area contributed by atoms with Crippen molar-refractivity contribution in [2.24, 2.45) is 5.73 Å². The molecule has 2 aromatic rings. The number of rotatable bonds is 11. The Labute approximate surface area is 223 Å². The van der Waals surface area contributed by atoms with Gasteiger partial charge in [-0.15, -0.1) is 6.58 Å². The Morgan fingerprint density at radius 1 is 1.11 bits per heavy atom. The number of benzene rings is 2. The Balaban J connectivity index is 2.49. The van der Waals surface area contributed by atoms with Gasteiger partial charge in [0.05, 0.1) is 13.5 Å². The molecule has 0 aliphatic rings. The molecule has 0 bridgehead atoms. The molecule has 0 aliphatic carbocycles.